The van der Waals surface area contributed by atoms with Crippen molar-refractivity contribution in [2.75, 3.05) is 38.1 Å². The molecule has 1 aromatic rings. The van der Waals surface area contributed by atoms with E-state index in [1.165, 1.54) is 0 Å². The third-order valence-electron chi connectivity index (χ3n) is 3.18. The number of nitrogens with zero attached hydrogens (tertiary/aromatic N) is 1. The van der Waals surface area contributed by atoms with Crippen LogP contribution in [0.2, 0.25) is 0 Å². The van der Waals surface area contributed by atoms with Gasteiger partial charge in [0.2, 0.25) is 11.8 Å². The molecule has 7 nitrogen and oxygen atoms in total. The summed E-state index contributed by atoms with van der Waals surface area (Å²) in [6.07, 6.45) is 0. The Labute approximate surface area is 128 Å². The van der Waals surface area contributed by atoms with Gasteiger partial charge in [-0.15, -0.1) is 0 Å². The predicted molar refractivity (Wildman–Crippen MR) is 80.5 cm³/mol. The van der Waals surface area contributed by atoms with Crippen molar-refractivity contribution in [2.45, 2.75) is 6.92 Å². The molecule has 118 valence electrons. The van der Waals surface area contributed by atoms with E-state index in [9.17, 15) is 14.4 Å². The summed E-state index contributed by atoms with van der Waals surface area (Å²) < 4.78 is 4.96. The fraction of sp³-hybridized carbons (Fsp3) is 0.400. The zero-order valence-electron chi connectivity index (χ0n) is 12.4. The molecule has 0 aliphatic carbocycles. The number of anilines is 1. The van der Waals surface area contributed by atoms with Crippen molar-refractivity contribution >= 4 is 23.5 Å². The lowest BCUT2D eigenvalue weighted by atomic mass is 10.2. The molecule has 0 atom stereocenters. The molecule has 0 unspecified atom stereocenters. The van der Waals surface area contributed by atoms with Crippen LogP contribution in [-0.2, 0) is 14.3 Å². The molecule has 2 N–H and O–H groups in total. The summed E-state index contributed by atoms with van der Waals surface area (Å²) in [6, 6.07) is 6.68. The number of amides is 2. The Bertz CT molecular complexity index is 574. The Kier molecular flexibility index (Phi) is 5.48. The van der Waals surface area contributed by atoms with Crippen LogP contribution in [0.5, 0.6) is 0 Å². The molecular weight excluding hydrogens is 286 g/mol. The second-order valence-electron chi connectivity index (χ2n) is 4.87. The number of rotatable bonds is 5. The van der Waals surface area contributed by atoms with E-state index in [1.54, 1.807) is 36.1 Å². The molecule has 1 fully saturated rings. The third kappa shape index (κ3) is 4.29. The zero-order chi connectivity index (χ0) is 15.9. The Hall–Kier alpha value is -2.41. The maximum Gasteiger partial charge on any atom is 0.340 e. The van der Waals surface area contributed by atoms with Crippen LogP contribution < -0.4 is 10.6 Å². The van der Waals surface area contributed by atoms with Crippen LogP contribution in [0, 0.1) is 0 Å². The highest BCUT2D eigenvalue weighted by atomic mass is 16.5. The Balaban J connectivity index is 1.99. The lowest BCUT2D eigenvalue weighted by molar-refractivity contribution is -0.125. The molecule has 0 saturated carbocycles. The van der Waals surface area contributed by atoms with Crippen molar-refractivity contribution in [3.8, 4) is 0 Å². The van der Waals surface area contributed by atoms with Gasteiger partial charge in [0.05, 0.1) is 30.9 Å². The van der Waals surface area contributed by atoms with Crippen molar-refractivity contribution in [1.29, 1.82) is 0 Å². The van der Waals surface area contributed by atoms with E-state index < -0.39 is 5.97 Å². The minimum absolute atomic E-state index is 0.0917. The first kappa shape index (κ1) is 16.0. The van der Waals surface area contributed by atoms with Crippen LogP contribution in [-0.4, -0.2) is 55.5 Å². The van der Waals surface area contributed by atoms with Crippen LogP contribution in [0.15, 0.2) is 24.3 Å². The number of piperazine rings is 1. The Morgan fingerprint density at radius 2 is 2.14 bits per heavy atom. The van der Waals surface area contributed by atoms with Crippen molar-refractivity contribution in [1.82, 2.24) is 10.2 Å². The molecule has 1 heterocycles. The minimum atomic E-state index is -0.476. The normalized spacial score (nSPS) is 15.0. The fourth-order valence-corrected chi connectivity index (χ4v) is 2.20. The van der Waals surface area contributed by atoms with Gasteiger partial charge in [0.15, 0.2) is 0 Å². The molecule has 1 aromatic carbocycles. The lowest BCUT2D eigenvalue weighted by Crippen LogP contribution is -2.49. The van der Waals surface area contributed by atoms with Crippen LogP contribution in [0.25, 0.3) is 0 Å². The number of hydrogen-bond acceptors (Lipinski definition) is 5. The van der Waals surface area contributed by atoms with E-state index in [0.717, 1.165) is 0 Å². The summed E-state index contributed by atoms with van der Waals surface area (Å²) in [7, 11) is 0. The standard InChI is InChI=1S/C15H19N3O4/c1-2-22-15(21)11-5-3-4-6-12(11)17-14(20)10-18-8-7-16-13(19)9-18/h3-6H,2,7-10H2,1H3,(H,16,19)(H,17,20). The number of carbonyl (C=O) groups is 3. The van der Waals surface area contributed by atoms with E-state index in [0.29, 0.717) is 24.3 Å². The van der Waals surface area contributed by atoms with Crippen LogP contribution >= 0.6 is 0 Å². The van der Waals surface area contributed by atoms with E-state index in [1.807, 2.05) is 0 Å². The molecule has 1 aliphatic rings. The average Bonchev–Trinajstić information content (AvgIpc) is 2.48. The van der Waals surface area contributed by atoms with Gasteiger partial charge < -0.3 is 15.4 Å². The molecule has 0 bridgehead atoms. The minimum Gasteiger partial charge on any atom is -0.462 e. The van der Waals surface area contributed by atoms with Gasteiger partial charge in [0.25, 0.3) is 0 Å². The second-order valence-corrected chi connectivity index (χ2v) is 4.87. The maximum absolute atomic E-state index is 12.1. The quantitative estimate of drug-likeness (QED) is 0.761. The topological polar surface area (TPSA) is 87.7 Å². The number of para-hydroxylation sites is 1. The predicted octanol–water partition coefficient (Wildman–Crippen LogP) is 0.234. The van der Waals surface area contributed by atoms with Gasteiger partial charge in [-0.25, -0.2) is 4.79 Å². The number of ether oxygens (including phenoxy) is 1. The van der Waals surface area contributed by atoms with Crippen molar-refractivity contribution < 1.29 is 19.1 Å². The summed E-state index contributed by atoms with van der Waals surface area (Å²) in [4.78, 5) is 37.0. The van der Waals surface area contributed by atoms with Crippen molar-refractivity contribution in [3.63, 3.8) is 0 Å². The first-order valence-corrected chi connectivity index (χ1v) is 7.15. The Morgan fingerprint density at radius 3 is 2.86 bits per heavy atom. The van der Waals surface area contributed by atoms with Gasteiger partial charge in [0.1, 0.15) is 0 Å². The van der Waals surface area contributed by atoms with Crippen LogP contribution in [0.4, 0.5) is 5.69 Å². The first-order valence-electron chi connectivity index (χ1n) is 7.15. The molecule has 0 spiro atoms. The summed E-state index contributed by atoms with van der Waals surface area (Å²) in [5, 5.41) is 5.40. The lowest BCUT2D eigenvalue weighted by Gasteiger charge is -2.25. The maximum atomic E-state index is 12.1. The molecule has 2 amide bonds. The molecule has 22 heavy (non-hydrogen) atoms. The smallest absolute Gasteiger partial charge is 0.340 e. The highest BCUT2D eigenvalue weighted by Gasteiger charge is 2.20. The van der Waals surface area contributed by atoms with Gasteiger partial charge >= 0.3 is 5.97 Å². The second kappa shape index (κ2) is 7.56. The number of benzene rings is 1. The van der Waals surface area contributed by atoms with Gasteiger partial charge in [-0.3, -0.25) is 14.5 Å². The molecule has 0 radical (unpaired) electrons. The van der Waals surface area contributed by atoms with E-state index in [2.05, 4.69) is 10.6 Å². The highest BCUT2D eigenvalue weighted by molar-refractivity contribution is 6.01. The van der Waals surface area contributed by atoms with Crippen LogP contribution in [0.1, 0.15) is 17.3 Å². The number of esters is 1. The Morgan fingerprint density at radius 1 is 1.36 bits per heavy atom. The zero-order valence-corrected chi connectivity index (χ0v) is 12.4. The molecule has 2 rings (SSSR count). The number of carbonyl (C=O) groups excluding carboxylic acids is 3. The number of hydrogen-bond donors (Lipinski definition) is 2. The van der Waals surface area contributed by atoms with E-state index in [4.69, 9.17) is 4.74 Å². The first-order chi connectivity index (χ1) is 10.6. The van der Waals surface area contributed by atoms with Crippen molar-refractivity contribution in [3.05, 3.63) is 29.8 Å². The summed E-state index contributed by atoms with van der Waals surface area (Å²) in [5.41, 5.74) is 0.724. The highest BCUT2D eigenvalue weighted by Crippen LogP contribution is 2.16. The van der Waals surface area contributed by atoms with Gasteiger partial charge in [0, 0.05) is 13.1 Å². The largest absolute Gasteiger partial charge is 0.462 e. The molecule has 7 heteroatoms. The molecular formula is C15H19N3O4. The van der Waals surface area contributed by atoms with Crippen LogP contribution in [0.3, 0.4) is 0 Å². The van der Waals surface area contributed by atoms with E-state index >= 15 is 0 Å². The van der Waals surface area contributed by atoms with Crippen molar-refractivity contribution in [2.24, 2.45) is 0 Å². The number of nitrogens with one attached hydrogen (secondary N) is 2. The van der Waals surface area contributed by atoms with E-state index in [-0.39, 0.29) is 31.5 Å². The summed E-state index contributed by atoms with van der Waals surface area (Å²) in [5.74, 6) is -0.840. The summed E-state index contributed by atoms with van der Waals surface area (Å²) >= 11 is 0. The van der Waals surface area contributed by atoms with Gasteiger partial charge in [-0.2, -0.15) is 0 Å². The molecule has 1 aliphatic heterocycles. The average molecular weight is 305 g/mol. The fourth-order valence-electron chi connectivity index (χ4n) is 2.20. The van der Waals surface area contributed by atoms with Gasteiger partial charge in [-0.1, -0.05) is 12.1 Å². The van der Waals surface area contributed by atoms with Gasteiger partial charge in [-0.05, 0) is 19.1 Å². The third-order valence-corrected chi connectivity index (χ3v) is 3.18. The monoisotopic (exact) mass is 305 g/mol. The SMILES string of the molecule is CCOC(=O)c1ccccc1NC(=O)CN1CCNC(=O)C1. The molecule has 0 aromatic heterocycles. The molecule has 1 saturated heterocycles. The summed E-state index contributed by atoms with van der Waals surface area (Å²) in [6.45, 7) is 3.45.